The van der Waals surface area contributed by atoms with Gasteiger partial charge in [-0.05, 0) is 42.8 Å². The predicted molar refractivity (Wildman–Crippen MR) is 114 cm³/mol. The summed E-state index contributed by atoms with van der Waals surface area (Å²) < 4.78 is 5.32. The zero-order chi connectivity index (χ0) is 21.4. The molecule has 10 heteroatoms. The van der Waals surface area contributed by atoms with Gasteiger partial charge in [0.1, 0.15) is 24.0 Å². The fourth-order valence-corrected chi connectivity index (χ4v) is 4.63. The zero-order valence-electron chi connectivity index (χ0n) is 15.0. The number of ether oxygens (including phenoxy) is 1. The van der Waals surface area contributed by atoms with Gasteiger partial charge in [-0.15, -0.1) is 23.5 Å². The first-order valence-electron chi connectivity index (χ1n) is 8.38. The van der Waals surface area contributed by atoms with Crippen LogP contribution in [0.2, 0.25) is 10.0 Å². The van der Waals surface area contributed by atoms with Crippen LogP contribution in [0.25, 0.3) is 0 Å². The molecule has 0 fully saturated rings. The van der Waals surface area contributed by atoms with E-state index in [-0.39, 0.29) is 21.5 Å². The normalized spacial score (nSPS) is 11.8. The number of benzene rings is 2. The largest absolute Gasteiger partial charge is 0.506 e. The van der Waals surface area contributed by atoms with Crippen LogP contribution >= 0.6 is 46.7 Å². The topological polar surface area (TPSA) is 104 Å². The fraction of sp³-hybridized carbons (Fsp3) is 0.263. The molecule has 2 aromatic rings. The minimum Gasteiger partial charge on any atom is -0.506 e. The Morgan fingerprint density at radius 1 is 0.966 bits per heavy atom. The van der Waals surface area contributed by atoms with Crippen molar-refractivity contribution in [2.45, 2.75) is 28.7 Å². The van der Waals surface area contributed by atoms with Crippen molar-refractivity contribution in [2.75, 3.05) is 11.5 Å². The predicted octanol–water partition coefficient (Wildman–Crippen LogP) is 5.07. The Kier molecular flexibility index (Phi) is 9.29. The number of aliphatic carboxylic acids is 1. The molecule has 2 rings (SSSR count). The third kappa shape index (κ3) is 8.26. The molecule has 1 atom stereocenters. The molecule has 3 N–H and O–H groups in total. The van der Waals surface area contributed by atoms with Crippen LogP contribution < -0.4 is 0 Å². The summed E-state index contributed by atoms with van der Waals surface area (Å²) in [5.41, 5.74) is 0. The van der Waals surface area contributed by atoms with Gasteiger partial charge in [0.2, 0.25) is 0 Å². The van der Waals surface area contributed by atoms with Crippen molar-refractivity contribution in [1.82, 2.24) is 0 Å². The van der Waals surface area contributed by atoms with Crippen LogP contribution in [0.4, 0.5) is 0 Å². The molecule has 2 aromatic carbocycles. The lowest BCUT2D eigenvalue weighted by Gasteiger charge is -2.17. The van der Waals surface area contributed by atoms with Gasteiger partial charge in [-0.25, -0.2) is 0 Å². The number of carboxylic acids is 1. The molecular formula is C19H18Cl2O6S2. The number of phenols is 2. The SMILES string of the molecule is O=C(O)CC(=O)OC(CCSc1ccc(O)c(Cl)c1)CSc1ccc(O)c(Cl)c1. The first-order valence-corrected chi connectivity index (χ1v) is 11.1. The van der Waals surface area contributed by atoms with Crippen molar-refractivity contribution in [1.29, 1.82) is 0 Å². The lowest BCUT2D eigenvalue weighted by Crippen LogP contribution is -2.23. The summed E-state index contributed by atoms with van der Waals surface area (Å²) in [6.45, 7) is 0. The minimum atomic E-state index is -1.25. The van der Waals surface area contributed by atoms with Crippen LogP contribution in [-0.4, -0.2) is 44.9 Å². The second kappa shape index (κ2) is 11.4. The van der Waals surface area contributed by atoms with Gasteiger partial charge >= 0.3 is 11.9 Å². The summed E-state index contributed by atoms with van der Waals surface area (Å²) >= 11 is 14.6. The average molecular weight is 477 g/mol. The summed E-state index contributed by atoms with van der Waals surface area (Å²) in [6, 6.07) is 9.63. The number of carboxylic acid groups (broad SMARTS) is 1. The molecule has 0 aromatic heterocycles. The van der Waals surface area contributed by atoms with E-state index in [1.807, 2.05) is 0 Å². The van der Waals surface area contributed by atoms with E-state index < -0.39 is 24.5 Å². The number of aromatic hydroxyl groups is 2. The van der Waals surface area contributed by atoms with Crippen LogP contribution in [0.1, 0.15) is 12.8 Å². The molecule has 0 heterocycles. The van der Waals surface area contributed by atoms with Gasteiger partial charge < -0.3 is 20.1 Å². The van der Waals surface area contributed by atoms with E-state index in [2.05, 4.69) is 0 Å². The number of phenolic OH excluding ortho intramolecular Hbond substituents is 2. The maximum absolute atomic E-state index is 11.8. The van der Waals surface area contributed by atoms with Gasteiger partial charge in [0.25, 0.3) is 0 Å². The third-order valence-electron chi connectivity index (χ3n) is 3.58. The highest BCUT2D eigenvalue weighted by molar-refractivity contribution is 7.99. The second-order valence-electron chi connectivity index (χ2n) is 5.86. The highest BCUT2D eigenvalue weighted by Gasteiger charge is 2.18. The number of hydrogen-bond acceptors (Lipinski definition) is 7. The van der Waals surface area contributed by atoms with Gasteiger partial charge in [-0.2, -0.15) is 0 Å². The van der Waals surface area contributed by atoms with Gasteiger partial charge in [-0.1, -0.05) is 23.2 Å². The molecule has 0 saturated carbocycles. The Labute approximate surface area is 186 Å². The Hall–Kier alpha value is -1.74. The van der Waals surface area contributed by atoms with E-state index >= 15 is 0 Å². The third-order valence-corrected chi connectivity index (χ3v) is 6.33. The van der Waals surface area contributed by atoms with Crippen LogP contribution in [0.5, 0.6) is 11.5 Å². The highest BCUT2D eigenvalue weighted by Crippen LogP contribution is 2.31. The number of carbonyl (C=O) groups is 2. The van der Waals surface area contributed by atoms with Crippen LogP contribution in [-0.2, 0) is 14.3 Å². The number of carbonyl (C=O) groups excluding carboxylic acids is 1. The molecule has 29 heavy (non-hydrogen) atoms. The van der Waals surface area contributed by atoms with Crippen LogP contribution in [0, 0.1) is 0 Å². The first kappa shape index (κ1) is 23.5. The summed E-state index contributed by atoms with van der Waals surface area (Å²) in [5, 5.41) is 28.2. The van der Waals surface area contributed by atoms with Gasteiger partial charge in [-0.3, -0.25) is 9.59 Å². The maximum atomic E-state index is 11.8. The molecule has 1 unspecified atom stereocenters. The standard InChI is InChI=1S/C19H18Cl2O6S2/c20-14-7-12(1-3-16(14)22)28-6-5-11(27-19(26)9-18(24)25)10-29-13-2-4-17(23)15(21)8-13/h1-4,7-8,11,22-23H,5-6,9-10H2,(H,24,25). The smallest absolute Gasteiger partial charge is 0.317 e. The molecule has 6 nitrogen and oxygen atoms in total. The molecule has 0 amide bonds. The lowest BCUT2D eigenvalue weighted by atomic mass is 10.3. The first-order chi connectivity index (χ1) is 13.7. The van der Waals surface area contributed by atoms with Gasteiger partial charge in [0, 0.05) is 21.3 Å². The van der Waals surface area contributed by atoms with E-state index in [0.717, 1.165) is 9.79 Å². The molecule has 0 bridgehead atoms. The van der Waals surface area contributed by atoms with Crippen molar-refractivity contribution >= 4 is 58.7 Å². The van der Waals surface area contributed by atoms with E-state index in [9.17, 15) is 19.8 Å². The molecule has 0 radical (unpaired) electrons. The van der Waals surface area contributed by atoms with Crippen molar-refractivity contribution in [2.24, 2.45) is 0 Å². The molecule has 0 spiro atoms. The minimum absolute atomic E-state index is 0.000419. The Morgan fingerprint density at radius 2 is 1.52 bits per heavy atom. The Morgan fingerprint density at radius 3 is 2.03 bits per heavy atom. The maximum Gasteiger partial charge on any atom is 0.317 e. The molecule has 0 aliphatic heterocycles. The van der Waals surface area contributed by atoms with E-state index in [1.165, 1.54) is 35.7 Å². The van der Waals surface area contributed by atoms with Crippen molar-refractivity contribution in [3.63, 3.8) is 0 Å². The number of hydrogen-bond donors (Lipinski definition) is 3. The lowest BCUT2D eigenvalue weighted by molar-refractivity contribution is -0.154. The van der Waals surface area contributed by atoms with Gasteiger partial charge in [0.15, 0.2) is 0 Å². The number of halogens is 2. The quantitative estimate of drug-likeness (QED) is 0.248. The summed E-state index contributed by atoms with van der Waals surface area (Å²) in [6.07, 6.45) is -0.736. The van der Waals surface area contributed by atoms with E-state index in [4.69, 9.17) is 33.0 Å². The van der Waals surface area contributed by atoms with E-state index in [0.29, 0.717) is 17.9 Å². The molecular weight excluding hydrogens is 459 g/mol. The monoisotopic (exact) mass is 476 g/mol. The molecule has 0 aliphatic rings. The Balaban J connectivity index is 1.95. The number of rotatable bonds is 10. The fourth-order valence-electron chi connectivity index (χ4n) is 2.18. The Bertz CT molecular complexity index is 878. The van der Waals surface area contributed by atoms with E-state index in [1.54, 1.807) is 24.3 Å². The van der Waals surface area contributed by atoms with Crippen molar-refractivity contribution < 1.29 is 29.6 Å². The van der Waals surface area contributed by atoms with Crippen LogP contribution in [0.3, 0.4) is 0 Å². The summed E-state index contributed by atoms with van der Waals surface area (Å²) in [7, 11) is 0. The number of thioether (sulfide) groups is 2. The molecule has 0 aliphatic carbocycles. The molecule has 156 valence electrons. The average Bonchev–Trinajstić information content (AvgIpc) is 2.64. The number of esters is 1. The van der Waals surface area contributed by atoms with Gasteiger partial charge in [0.05, 0.1) is 10.0 Å². The van der Waals surface area contributed by atoms with Crippen molar-refractivity contribution in [3.05, 3.63) is 46.4 Å². The summed E-state index contributed by atoms with van der Waals surface area (Å²) in [4.78, 5) is 24.1. The van der Waals surface area contributed by atoms with Crippen molar-refractivity contribution in [3.8, 4) is 11.5 Å². The second-order valence-corrected chi connectivity index (χ2v) is 8.93. The van der Waals surface area contributed by atoms with Crippen LogP contribution in [0.15, 0.2) is 46.2 Å². The summed E-state index contributed by atoms with van der Waals surface area (Å²) in [5.74, 6) is -1.10. The molecule has 0 saturated heterocycles. The highest BCUT2D eigenvalue weighted by atomic mass is 35.5. The zero-order valence-corrected chi connectivity index (χ0v) is 18.2.